The molecule has 0 radical (unpaired) electrons. The Morgan fingerprint density at radius 2 is 2.14 bits per heavy atom. The minimum Gasteiger partial charge on any atom is -0.326 e. The Hall–Kier alpha value is -1.86. The molecule has 110 valence electrons. The fourth-order valence-electron chi connectivity index (χ4n) is 1.67. The van der Waals surface area contributed by atoms with Crippen molar-refractivity contribution >= 4 is 45.7 Å². The summed E-state index contributed by atoms with van der Waals surface area (Å²) in [5.41, 5.74) is 1.41. The normalized spacial score (nSPS) is 10.2. The second-order valence-electron chi connectivity index (χ2n) is 4.28. The topological polar surface area (TPSA) is 71.1 Å². The molecule has 1 aromatic carbocycles. The molecule has 2 N–H and O–H groups in total. The van der Waals surface area contributed by atoms with E-state index in [4.69, 9.17) is 0 Å². The van der Waals surface area contributed by atoms with Crippen molar-refractivity contribution < 1.29 is 9.59 Å². The van der Waals surface area contributed by atoms with Crippen LogP contribution < -0.4 is 10.6 Å². The van der Waals surface area contributed by atoms with Crippen molar-refractivity contribution in [3.8, 4) is 0 Å². The summed E-state index contributed by atoms with van der Waals surface area (Å²) in [5, 5.41) is 7.71. The zero-order valence-electron chi connectivity index (χ0n) is 11.7. The van der Waals surface area contributed by atoms with E-state index in [0.29, 0.717) is 10.8 Å². The number of hydrogen-bond donors (Lipinski definition) is 2. The van der Waals surface area contributed by atoms with Gasteiger partial charge in [-0.15, -0.1) is 23.1 Å². The van der Waals surface area contributed by atoms with Gasteiger partial charge in [-0.1, -0.05) is 6.07 Å². The predicted octanol–water partition coefficient (Wildman–Crippen LogP) is 3.00. The van der Waals surface area contributed by atoms with Gasteiger partial charge in [-0.25, -0.2) is 4.98 Å². The SMILES string of the molecule is CSc1cccc(NC(=O)Cc2csc(NC(C)=O)n2)c1. The average molecular weight is 321 g/mol. The highest BCUT2D eigenvalue weighted by Crippen LogP contribution is 2.20. The number of thiazole rings is 1. The first kappa shape index (κ1) is 15.5. The third-order valence-electron chi connectivity index (χ3n) is 2.53. The van der Waals surface area contributed by atoms with Crippen LogP contribution in [0.5, 0.6) is 0 Å². The summed E-state index contributed by atoms with van der Waals surface area (Å²) in [7, 11) is 0. The maximum absolute atomic E-state index is 12.0. The van der Waals surface area contributed by atoms with Gasteiger partial charge in [0.25, 0.3) is 0 Å². The molecule has 0 spiro atoms. The predicted molar refractivity (Wildman–Crippen MR) is 87.0 cm³/mol. The van der Waals surface area contributed by atoms with Crippen LogP contribution in [0.25, 0.3) is 0 Å². The minimum atomic E-state index is -0.172. The number of anilines is 2. The lowest BCUT2D eigenvalue weighted by Gasteiger charge is -2.05. The van der Waals surface area contributed by atoms with E-state index in [1.807, 2.05) is 30.5 Å². The first-order valence-corrected chi connectivity index (χ1v) is 8.33. The van der Waals surface area contributed by atoms with E-state index < -0.39 is 0 Å². The van der Waals surface area contributed by atoms with Crippen molar-refractivity contribution in [3.63, 3.8) is 0 Å². The van der Waals surface area contributed by atoms with E-state index >= 15 is 0 Å². The first-order chi connectivity index (χ1) is 10.1. The van der Waals surface area contributed by atoms with Crippen molar-refractivity contribution in [3.05, 3.63) is 35.3 Å². The summed E-state index contributed by atoms with van der Waals surface area (Å²) in [5.74, 6) is -0.304. The molecule has 0 aliphatic carbocycles. The fourth-order valence-corrected chi connectivity index (χ4v) is 2.88. The second-order valence-corrected chi connectivity index (χ2v) is 6.02. The molecular weight excluding hydrogens is 306 g/mol. The fraction of sp³-hybridized carbons (Fsp3) is 0.214. The molecule has 0 fully saturated rings. The molecule has 0 saturated heterocycles. The molecule has 0 aliphatic rings. The molecule has 7 heteroatoms. The average Bonchev–Trinajstić information content (AvgIpc) is 2.85. The van der Waals surface area contributed by atoms with Crippen molar-refractivity contribution in [2.24, 2.45) is 0 Å². The van der Waals surface area contributed by atoms with Crippen molar-refractivity contribution in [1.82, 2.24) is 4.98 Å². The summed E-state index contributed by atoms with van der Waals surface area (Å²) in [6.45, 7) is 1.42. The zero-order chi connectivity index (χ0) is 15.2. The van der Waals surface area contributed by atoms with E-state index in [-0.39, 0.29) is 18.2 Å². The number of rotatable bonds is 5. The van der Waals surface area contributed by atoms with Crippen LogP contribution in [0.2, 0.25) is 0 Å². The summed E-state index contributed by atoms with van der Waals surface area (Å²) >= 11 is 2.93. The third kappa shape index (κ3) is 4.87. The maximum atomic E-state index is 12.0. The summed E-state index contributed by atoms with van der Waals surface area (Å²) in [6.07, 6.45) is 2.17. The Morgan fingerprint density at radius 3 is 2.86 bits per heavy atom. The Bertz CT molecular complexity index is 655. The Kier molecular flexibility index (Phi) is 5.35. The van der Waals surface area contributed by atoms with Crippen LogP contribution in [-0.2, 0) is 16.0 Å². The highest BCUT2D eigenvalue weighted by molar-refractivity contribution is 7.98. The molecular formula is C14H15N3O2S2. The smallest absolute Gasteiger partial charge is 0.230 e. The molecule has 2 aromatic rings. The van der Waals surface area contributed by atoms with Gasteiger partial charge in [0.15, 0.2) is 5.13 Å². The van der Waals surface area contributed by atoms with Crippen molar-refractivity contribution in [1.29, 1.82) is 0 Å². The number of carbonyl (C=O) groups is 2. The first-order valence-electron chi connectivity index (χ1n) is 6.22. The monoisotopic (exact) mass is 321 g/mol. The van der Waals surface area contributed by atoms with Crippen LogP contribution in [0.1, 0.15) is 12.6 Å². The van der Waals surface area contributed by atoms with Gasteiger partial charge < -0.3 is 10.6 Å². The highest BCUT2D eigenvalue weighted by Gasteiger charge is 2.09. The van der Waals surface area contributed by atoms with E-state index in [1.165, 1.54) is 18.3 Å². The number of nitrogens with zero attached hydrogens (tertiary/aromatic N) is 1. The molecule has 0 aliphatic heterocycles. The van der Waals surface area contributed by atoms with E-state index in [9.17, 15) is 9.59 Å². The lowest BCUT2D eigenvalue weighted by molar-refractivity contribution is -0.116. The zero-order valence-corrected chi connectivity index (χ0v) is 13.3. The van der Waals surface area contributed by atoms with Crippen LogP contribution in [0.15, 0.2) is 34.5 Å². The van der Waals surface area contributed by atoms with Gasteiger partial charge >= 0.3 is 0 Å². The number of carbonyl (C=O) groups excluding carboxylic acids is 2. The molecule has 2 rings (SSSR count). The number of aromatic nitrogens is 1. The standard InChI is InChI=1S/C14H15N3O2S2/c1-9(18)15-14-17-11(8-21-14)7-13(19)16-10-4-3-5-12(6-10)20-2/h3-6,8H,7H2,1-2H3,(H,16,19)(H,15,17,18). The number of amides is 2. The quantitative estimate of drug-likeness (QED) is 0.831. The van der Waals surface area contributed by atoms with Gasteiger partial charge in [0.1, 0.15) is 0 Å². The summed E-state index contributed by atoms with van der Waals surface area (Å²) < 4.78 is 0. The molecule has 0 bridgehead atoms. The third-order valence-corrected chi connectivity index (χ3v) is 4.06. The van der Waals surface area contributed by atoms with E-state index in [1.54, 1.807) is 17.1 Å². The van der Waals surface area contributed by atoms with Gasteiger partial charge in [0.05, 0.1) is 12.1 Å². The van der Waals surface area contributed by atoms with Crippen LogP contribution in [0, 0.1) is 0 Å². The molecule has 1 aromatic heterocycles. The Balaban J connectivity index is 1.94. The Labute approximate surface area is 131 Å². The lowest BCUT2D eigenvalue weighted by Crippen LogP contribution is -2.14. The maximum Gasteiger partial charge on any atom is 0.230 e. The van der Waals surface area contributed by atoms with Crippen LogP contribution >= 0.6 is 23.1 Å². The second kappa shape index (κ2) is 7.24. The van der Waals surface area contributed by atoms with Gasteiger partial charge in [-0.3, -0.25) is 9.59 Å². The van der Waals surface area contributed by atoms with Crippen molar-refractivity contribution in [2.75, 3.05) is 16.9 Å². The van der Waals surface area contributed by atoms with Crippen molar-refractivity contribution in [2.45, 2.75) is 18.2 Å². The summed E-state index contributed by atoms with van der Waals surface area (Å²) in [6, 6.07) is 7.66. The molecule has 1 heterocycles. The number of nitrogens with one attached hydrogen (secondary N) is 2. The molecule has 0 unspecified atom stereocenters. The van der Waals surface area contributed by atoms with Gasteiger partial charge in [-0.05, 0) is 24.5 Å². The molecule has 5 nitrogen and oxygen atoms in total. The van der Waals surface area contributed by atoms with E-state index in [0.717, 1.165) is 10.6 Å². The number of thioether (sulfide) groups is 1. The van der Waals surface area contributed by atoms with Gasteiger partial charge in [0, 0.05) is 22.9 Å². The minimum absolute atomic E-state index is 0.132. The summed E-state index contributed by atoms with van der Waals surface area (Å²) in [4.78, 5) is 28.2. The Morgan fingerprint density at radius 1 is 1.33 bits per heavy atom. The van der Waals surface area contributed by atoms with Crippen LogP contribution in [0.4, 0.5) is 10.8 Å². The number of benzene rings is 1. The van der Waals surface area contributed by atoms with Gasteiger partial charge in [0.2, 0.25) is 11.8 Å². The molecule has 0 saturated carbocycles. The molecule has 21 heavy (non-hydrogen) atoms. The van der Waals surface area contributed by atoms with E-state index in [2.05, 4.69) is 15.6 Å². The molecule has 2 amide bonds. The van der Waals surface area contributed by atoms with Crippen LogP contribution in [-0.4, -0.2) is 23.1 Å². The van der Waals surface area contributed by atoms with Crippen LogP contribution in [0.3, 0.4) is 0 Å². The highest BCUT2D eigenvalue weighted by atomic mass is 32.2. The largest absolute Gasteiger partial charge is 0.326 e. The van der Waals surface area contributed by atoms with Gasteiger partial charge in [-0.2, -0.15) is 0 Å². The number of hydrogen-bond acceptors (Lipinski definition) is 5. The lowest BCUT2D eigenvalue weighted by atomic mass is 10.3. The molecule has 0 atom stereocenters.